The predicted molar refractivity (Wildman–Crippen MR) is 77.9 cm³/mol. The van der Waals surface area contributed by atoms with Crippen LogP contribution >= 0.6 is 0 Å². The van der Waals surface area contributed by atoms with E-state index < -0.39 is 0 Å². The summed E-state index contributed by atoms with van der Waals surface area (Å²) in [5.41, 5.74) is 5.86. The lowest BCUT2D eigenvalue weighted by Crippen LogP contribution is -1.95. The van der Waals surface area contributed by atoms with Crippen molar-refractivity contribution >= 4 is 0 Å². The Morgan fingerprint density at radius 2 is 1.63 bits per heavy atom. The van der Waals surface area contributed by atoms with Crippen molar-refractivity contribution in [2.75, 3.05) is 7.11 Å². The van der Waals surface area contributed by atoms with E-state index in [0.717, 1.165) is 17.5 Å². The number of methoxy groups -OCH3 is 1. The summed E-state index contributed by atoms with van der Waals surface area (Å²) >= 11 is 0. The molecule has 2 aromatic rings. The Hall–Kier alpha value is -1.64. The second kappa shape index (κ2) is 6.50. The molecule has 100 valence electrons. The van der Waals surface area contributed by atoms with E-state index in [1.54, 1.807) is 7.11 Å². The van der Waals surface area contributed by atoms with Gasteiger partial charge in [-0.3, -0.25) is 0 Å². The smallest absolute Gasteiger partial charge is 0.0715 e. The van der Waals surface area contributed by atoms with Crippen molar-refractivity contribution in [1.82, 2.24) is 0 Å². The highest BCUT2D eigenvalue weighted by atomic mass is 16.5. The highest BCUT2D eigenvalue weighted by Gasteiger charge is 2.04. The predicted octanol–water partition coefficient (Wildman–Crippen LogP) is 3.55. The van der Waals surface area contributed by atoms with E-state index in [0.29, 0.717) is 6.61 Å². The van der Waals surface area contributed by atoms with Crippen LogP contribution in [0.15, 0.2) is 42.5 Å². The van der Waals surface area contributed by atoms with Gasteiger partial charge >= 0.3 is 0 Å². The van der Waals surface area contributed by atoms with Crippen LogP contribution in [-0.4, -0.2) is 12.2 Å². The molecule has 0 aliphatic rings. The van der Waals surface area contributed by atoms with E-state index in [9.17, 15) is 0 Å². The first-order valence-electron chi connectivity index (χ1n) is 6.59. The van der Waals surface area contributed by atoms with Crippen molar-refractivity contribution in [3.63, 3.8) is 0 Å². The number of aliphatic hydroxyl groups is 1. The molecule has 0 radical (unpaired) electrons. The van der Waals surface area contributed by atoms with Crippen LogP contribution in [0.3, 0.4) is 0 Å². The topological polar surface area (TPSA) is 29.5 Å². The van der Waals surface area contributed by atoms with Gasteiger partial charge in [0.05, 0.1) is 13.2 Å². The zero-order valence-electron chi connectivity index (χ0n) is 11.5. The molecule has 0 saturated heterocycles. The number of hydrogen-bond acceptors (Lipinski definition) is 2. The van der Waals surface area contributed by atoms with Crippen molar-refractivity contribution < 1.29 is 9.84 Å². The fraction of sp³-hybridized carbons (Fsp3) is 0.294. The van der Waals surface area contributed by atoms with Gasteiger partial charge in [-0.25, -0.2) is 0 Å². The van der Waals surface area contributed by atoms with Gasteiger partial charge in [-0.15, -0.1) is 0 Å². The number of ether oxygens (including phenoxy) is 1. The van der Waals surface area contributed by atoms with Crippen LogP contribution < -0.4 is 0 Å². The second-order valence-corrected chi connectivity index (χ2v) is 4.63. The van der Waals surface area contributed by atoms with Gasteiger partial charge in [0.25, 0.3) is 0 Å². The second-order valence-electron chi connectivity index (χ2n) is 4.63. The van der Waals surface area contributed by atoms with Crippen molar-refractivity contribution in [3.05, 3.63) is 59.2 Å². The first-order valence-corrected chi connectivity index (χ1v) is 6.59. The third-order valence-corrected chi connectivity index (χ3v) is 3.36. The lowest BCUT2D eigenvalue weighted by Gasteiger charge is -2.10. The normalized spacial score (nSPS) is 10.7. The van der Waals surface area contributed by atoms with Gasteiger partial charge < -0.3 is 9.84 Å². The van der Waals surface area contributed by atoms with Crippen LogP contribution in [0.5, 0.6) is 0 Å². The summed E-state index contributed by atoms with van der Waals surface area (Å²) in [7, 11) is 1.72. The molecule has 2 aromatic carbocycles. The summed E-state index contributed by atoms with van der Waals surface area (Å²) in [5, 5.41) is 9.06. The van der Waals surface area contributed by atoms with Gasteiger partial charge in [0.1, 0.15) is 0 Å². The number of aliphatic hydroxyl groups excluding tert-OH is 1. The minimum atomic E-state index is 0.0873. The standard InChI is InChI=1S/C17H20O2/c1-3-14-8-9-16(10-17(14)12-19-2)15-6-4-13(11-18)5-7-15/h4-10,18H,3,11-12H2,1-2H3. The Labute approximate surface area is 114 Å². The SMILES string of the molecule is CCc1ccc(-c2ccc(CO)cc2)cc1COC. The molecule has 19 heavy (non-hydrogen) atoms. The van der Waals surface area contributed by atoms with Gasteiger partial charge in [-0.2, -0.15) is 0 Å². The monoisotopic (exact) mass is 256 g/mol. The summed E-state index contributed by atoms with van der Waals surface area (Å²) in [6, 6.07) is 14.5. The molecular weight excluding hydrogens is 236 g/mol. The zero-order valence-corrected chi connectivity index (χ0v) is 11.5. The third-order valence-electron chi connectivity index (χ3n) is 3.36. The summed E-state index contributed by atoms with van der Waals surface area (Å²) in [5.74, 6) is 0. The summed E-state index contributed by atoms with van der Waals surface area (Å²) < 4.78 is 5.26. The van der Waals surface area contributed by atoms with Crippen LogP contribution in [0.25, 0.3) is 11.1 Å². The molecule has 0 bridgehead atoms. The van der Waals surface area contributed by atoms with Gasteiger partial charge in [-0.05, 0) is 40.3 Å². The maximum Gasteiger partial charge on any atom is 0.0715 e. The fourth-order valence-electron chi connectivity index (χ4n) is 2.24. The van der Waals surface area contributed by atoms with Crippen LogP contribution in [-0.2, 0) is 24.4 Å². The molecule has 2 rings (SSSR count). The minimum Gasteiger partial charge on any atom is -0.392 e. The number of rotatable bonds is 5. The molecule has 0 heterocycles. The molecule has 0 aromatic heterocycles. The highest BCUT2D eigenvalue weighted by Crippen LogP contribution is 2.24. The van der Waals surface area contributed by atoms with Gasteiger partial charge in [0.15, 0.2) is 0 Å². The molecule has 0 spiro atoms. The summed E-state index contributed by atoms with van der Waals surface area (Å²) in [6.07, 6.45) is 1.02. The lowest BCUT2D eigenvalue weighted by atomic mass is 9.97. The fourth-order valence-corrected chi connectivity index (χ4v) is 2.24. The maximum atomic E-state index is 9.06. The highest BCUT2D eigenvalue weighted by molar-refractivity contribution is 5.65. The molecule has 2 heteroatoms. The Bertz CT molecular complexity index is 529. The zero-order chi connectivity index (χ0) is 13.7. The van der Waals surface area contributed by atoms with Gasteiger partial charge in [0, 0.05) is 7.11 Å². The van der Waals surface area contributed by atoms with E-state index in [4.69, 9.17) is 9.84 Å². The van der Waals surface area contributed by atoms with Gasteiger partial charge in [-0.1, -0.05) is 43.3 Å². The Kier molecular flexibility index (Phi) is 4.72. The van der Waals surface area contributed by atoms with Crippen molar-refractivity contribution in [1.29, 1.82) is 0 Å². The van der Waals surface area contributed by atoms with Crippen LogP contribution in [0.2, 0.25) is 0 Å². The first kappa shape index (κ1) is 13.8. The van der Waals surface area contributed by atoms with E-state index >= 15 is 0 Å². The molecule has 0 saturated carbocycles. The Morgan fingerprint density at radius 3 is 2.21 bits per heavy atom. The molecule has 2 nitrogen and oxygen atoms in total. The Balaban J connectivity index is 2.35. The third kappa shape index (κ3) is 3.22. The minimum absolute atomic E-state index is 0.0873. The molecule has 0 unspecified atom stereocenters. The van der Waals surface area contributed by atoms with E-state index in [-0.39, 0.29) is 6.61 Å². The number of aryl methyl sites for hydroxylation is 1. The quantitative estimate of drug-likeness (QED) is 0.886. The van der Waals surface area contributed by atoms with E-state index in [1.165, 1.54) is 16.7 Å². The maximum absolute atomic E-state index is 9.06. The molecular formula is C17H20O2. The average molecular weight is 256 g/mol. The number of benzene rings is 2. The van der Waals surface area contributed by atoms with Crippen molar-refractivity contribution in [3.8, 4) is 11.1 Å². The van der Waals surface area contributed by atoms with Crippen LogP contribution in [0.1, 0.15) is 23.6 Å². The average Bonchev–Trinajstić information content (AvgIpc) is 2.47. The van der Waals surface area contributed by atoms with Crippen LogP contribution in [0, 0.1) is 0 Å². The first-order chi connectivity index (χ1) is 9.28. The molecule has 0 amide bonds. The summed E-state index contributed by atoms with van der Waals surface area (Å²) in [6.45, 7) is 2.89. The molecule has 1 N–H and O–H groups in total. The largest absolute Gasteiger partial charge is 0.392 e. The lowest BCUT2D eigenvalue weighted by molar-refractivity contribution is 0.184. The van der Waals surface area contributed by atoms with E-state index in [1.807, 2.05) is 24.3 Å². The number of hydrogen-bond donors (Lipinski definition) is 1. The molecule has 0 aliphatic carbocycles. The van der Waals surface area contributed by atoms with E-state index in [2.05, 4.69) is 25.1 Å². The van der Waals surface area contributed by atoms with Gasteiger partial charge in [0.2, 0.25) is 0 Å². The van der Waals surface area contributed by atoms with Crippen molar-refractivity contribution in [2.24, 2.45) is 0 Å². The molecule has 0 aliphatic heterocycles. The molecule has 0 atom stereocenters. The Morgan fingerprint density at radius 1 is 0.947 bits per heavy atom. The summed E-state index contributed by atoms with van der Waals surface area (Å²) in [4.78, 5) is 0. The van der Waals surface area contributed by atoms with Crippen molar-refractivity contribution in [2.45, 2.75) is 26.6 Å². The molecule has 0 fully saturated rings. The van der Waals surface area contributed by atoms with Crippen LogP contribution in [0.4, 0.5) is 0 Å².